The zero-order chi connectivity index (χ0) is 52.2. The molecule has 5 aliphatic rings. The molecule has 7 aromatic carbocycles. The Balaban J connectivity index is 1.13. The molecule has 14 rings (SSSR count). The smallest absolute Gasteiger partial charge is 0.256 e. The summed E-state index contributed by atoms with van der Waals surface area (Å²) in [7, 11) is 0. The molecule has 10 heteroatoms. The van der Waals surface area contributed by atoms with Crippen LogP contribution in [0, 0.1) is 0 Å². The summed E-state index contributed by atoms with van der Waals surface area (Å²) in [6, 6.07) is 62.7. The van der Waals surface area contributed by atoms with Crippen LogP contribution < -0.4 is 52.4 Å². The summed E-state index contributed by atoms with van der Waals surface area (Å²) in [5.74, 6) is 5.23. The molecule has 372 valence electrons. The van der Waals surface area contributed by atoms with E-state index in [0.29, 0.717) is 0 Å². The fraction of sp³-hybridized carbons (Fsp3) is 0.242. The maximum absolute atomic E-state index is 5.84. The third-order valence-corrected chi connectivity index (χ3v) is 17.0. The van der Waals surface area contributed by atoms with Gasteiger partial charge < -0.3 is 0 Å². The first-order valence-corrected chi connectivity index (χ1v) is 27.2. The van der Waals surface area contributed by atoms with Crippen molar-refractivity contribution >= 4 is 115 Å². The first-order valence-electron chi connectivity index (χ1n) is 27.2. The lowest BCUT2D eigenvalue weighted by Gasteiger charge is -2.46. The van der Waals surface area contributed by atoms with Crippen molar-refractivity contribution in [1.82, 2.24) is 19.9 Å². The van der Waals surface area contributed by atoms with E-state index in [9.17, 15) is 0 Å². The van der Waals surface area contributed by atoms with E-state index in [1.54, 1.807) is 0 Å². The van der Waals surface area contributed by atoms with Crippen LogP contribution in [0.15, 0.2) is 170 Å². The van der Waals surface area contributed by atoms with Gasteiger partial charge in [0.2, 0.25) is 0 Å². The monoisotopic (exact) mass is 989 g/mol. The summed E-state index contributed by atoms with van der Waals surface area (Å²) in [6.07, 6.45) is 2.25. The van der Waals surface area contributed by atoms with Gasteiger partial charge >= 0.3 is 0 Å². The van der Waals surface area contributed by atoms with Crippen LogP contribution in [0.2, 0.25) is 0 Å². The van der Waals surface area contributed by atoms with Gasteiger partial charge in [0.1, 0.15) is 34.9 Å². The Labute approximate surface area is 448 Å². The molecule has 0 spiro atoms. The van der Waals surface area contributed by atoms with Crippen LogP contribution >= 0.6 is 0 Å². The SMILES string of the molecule is CC(C)(C)c1nc2c3c(n1)N(c1ccccc1)c1cc4c(cc1B3c1ccccc1N2c1ccccc1)B1c2ccccc2N(c2ccccc2)c2nc(C(C)(C)C)nc(c21)N4c1ccc2c(c1)C(C)(C)CCC2(C)C. The lowest BCUT2D eigenvalue weighted by Crippen LogP contribution is -2.66. The zero-order valence-corrected chi connectivity index (χ0v) is 45.3. The minimum Gasteiger partial charge on any atom is -0.296 e. The molecule has 76 heavy (non-hydrogen) atoms. The number of hydrogen-bond acceptors (Lipinski definition) is 8. The van der Waals surface area contributed by atoms with Crippen LogP contribution in [-0.2, 0) is 21.7 Å². The number of benzene rings is 7. The van der Waals surface area contributed by atoms with Crippen LogP contribution in [0.25, 0.3) is 0 Å². The molecular formula is C66H62B2N8. The summed E-state index contributed by atoms with van der Waals surface area (Å²) in [5.41, 5.74) is 17.8. The van der Waals surface area contributed by atoms with Gasteiger partial charge in [-0.3, -0.25) is 19.6 Å². The Bertz CT molecular complexity index is 3840. The average Bonchev–Trinajstić information content (AvgIpc) is 3.52. The second kappa shape index (κ2) is 16.3. The molecule has 0 saturated carbocycles. The normalized spacial score (nSPS) is 16.2. The molecule has 8 nitrogen and oxygen atoms in total. The minimum absolute atomic E-state index is 0.0272. The number of nitrogens with zero attached hydrogens (tertiary/aromatic N) is 8. The van der Waals surface area contributed by atoms with Crippen molar-refractivity contribution < 1.29 is 0 Å². The van der Waals surface area contributed by atoms with Crippen molar-refractivity contribution in [2.24, 2.45) is 0 Å². The molecule has 0 unspecified atom stereocenters. The standard InChI is InChI=1S/C66H62B2N8/c1-63(2,3)61-69-57-55-59(71-61)75(43-28-18-13-19-29-43)53-40-54-50(39-49(53)67(55)47-30-20-22-32-51(47)73(57)41-24-14-11-15-25-41)68-48-31-21-23-33-52(48)74(42-26-16-12-17-27-42)58-56(68)60(72-62(70-58)64(4,5)6)76(54)44-34-35-45-46(38-44)66(9,10)37-36-65(45,7)8/h11-35,38-40H,36-37H2,1-10H3. The maximum Gasteiger partial charge on any atom is 0.256 e. The fourth-order valence-electron chi connectivity index (χ4n) is 13.0. The summed E-state index contributed by atoms with van der Waals surface area (Å²) in [6.45, 7) is 22.7. The topological polar surface area (TPSA) is 64.5 Å². The quantitative estimate of drug-likeness (QED) is 0.162. The van der Waals surface area contributed by atoms with Gasteiger partial charge in [0.15, 0.2) is 0 Å². The Kier molecular flexibility index (Phi) is 9.97. The van der Waals surface area contributed by atoms with E-state index >= 15 is 0 Å². The van der Waals surface area contributed by atoms with Gasteiger partial charge in [-0.2, -0.15) is 0 Å². The highest BCUT2D eigenvalue weighted by Crippen LogP contribution is 2.51. The molecule has 0 fully saturated rings. The number of hydrogen-bond donors (Lipinski definition) is 0. The number of rotatable bonds is 4. The van der Waals surface area contributed by atoms with Gasteiger partial charge in [0.05, 0.1) is 0 Å². The third-order valence-electron chi connectivity index (χ3n) is 17.0. The van der Waals surface area contributed by atoms with Gasteiger partial charge in [-0.25, -0.2) is 19.9 Å². The number of aromatic nitrogens is 4. The first kappa shape index (κ1) is 46.6. The van der Waals surface area contributed by atoms with Crippen molar-refractivity contribution in [3.63, 3.8) is 0 Å². The van der Waals surface area contributed by atoms with Crippen LogP contribution in [-0.4, -0.2) is 33.4 Å². The molecule has 1 aliphatic carbocycles. The Morgan fingerprint density at radius 3 is 1.12 bits per heavy atom. The van der Waals surface area contributed by atoms with Gasteiger partial charge in [-0.15, -0.1) is 0 Å². The van der Waals surface area contributed by atoms with Crippen LogP contribution in [0.3, 0.4) is 0 Å². The highest BCUT2D eigenvalue weighted by atomic mass is 15.3. The number of fused-ring (bicyclic) bond motifs is 9. The van der Waals surface area contributed by atoms with Crippen molar-refractivity contribution in [2.75, 3.05) is 19.6 Å². The lowest BCUT2D eigenvalue weighted by atomic mass is 9.30. The van der Waals surface area contributed by atoms with E-state index in [-0.39, 0.29) is 35.1 Å². The summed E-state index contributed by atoms with van der Waals surface area (Å²) < 4.78 is 0. The summed E-state index contributed by atoms with van der Waals surface area (Å²) >= 11 is 0. The largest absolute Gasteiger partial charge is 0.296 e. The van der Waals surface area contributed by atoms with E-state index < -0.39 is 0 Å². The molecular weight excluding hydrogens is 926 g/mol. The van der Waals surface area contributed by atoms with Gasteiger partial charge in [0, 0.05) is 67.3 Å². The van der Waals surface area contributed by atoms with E-state index in [1.165, 1.54) is 33.0 Å². The van der Waals surface area contributed by atoms with Gasteiger partial charge in [0.25, 0.3) is 13.4 Å². The lowest BCUT2D eigenvalue weighted by molar-refractivity contribution is 0.332. The van der Waals surface area contributed by atoms with Crippen molar-refractivity contribution in [3.8, 4) is 0 Å². The minimum atomic E-state index is -0.373. The van der Waals surface area contributed by atoms with Crippen LogP contribution in [0.4, 0.5) is 68.8 Å². The summed E-state index contributed by atoms with van der Waals surface area (Å²) in [5, 5.41) is 0. The second-order valence-electron chi connectivity index (χ2n) is 25.0. The van der Waals surface area contributed by atoms with E-state index in [1.807, 2.05) is 0 Å². The van der Waals surface area contributed by atoms with Crippen LogP contribution in [0.5, 0.6) is 0 Å². The maximum atomic E-state index is 5.84. The van der Waals surface area contributed by atoms with E-state index in [2.05, 4.69) is 259 Å². The highest BCUT2D eigenvalue weighted by Gasteiger charge is 2.51. The molecule has 0 radical (unpaired) electrons. The third kappa shape index (κ3) is 6.84. The Hall–Kier alpha value is -7.97. The molecule has 0 N–H and O–H groups in total. The molecule has 2 aromatic heterocycles. The van der Waals surface area contributed by atoms with E-state index in [4.69, 9.17) is 19.9 Å². The average molecular weight is 989 g/mol. The zero-order valence-electron chi connectivity index (χ0n) is 45.3. The molecule has 6 heterocycles. The fourth-order valence-corrected chi connectivity index (χ4v) is 13.0. The molecule has 0 amide bonds. The molecule has 4 aliphatic heterocycles. The highest BCUT2D eigenvalue weighted by molar-refractivity contribution is 7.03. The Morgan fingerprint density at radius 2 is 0.711 bits per heavy atom. The second-order valence-corrected chi connectivity index (χ2v) is 25.0. The van der Waals surface area contributed by atoms with Crippen molar-refractivity contribution in [3.05, 3.63) is 193 Å². The van der Waals surface area contributed by atoms with Gasteiger partial charge in [-0.05, 0) is 123 Å². The van der Waals surface area contributed by atoms with E-state index in [0.717, 1.165) is 104 Å². The van der Waals surface area contributed by atoms with Crippen LogP contribution in [0.1, 0.15) is 105 Å². The van der Waals surface area contributed by atoms with Crippen molar-refractivity contribution in [2.45, 2.75) is 104 Å². The predicted octanol–water partition coefficient (Wildman–Crippen LogP) is 12.4. The predicted molar refractivity (Wildman–Crippen MR) is 318 cm³/mol. The van der Waals surface area contributed by atoms with Crippen molar-refractivity contribution in [1.29, 1.82) is 0 Å². The number of anilines is 12. The Morgan fingerprint density at radius 1 is 0.355 bits per heavy atom. The molecule has 0 bridgehead atoms. The molecule has 0 saturated heterocycles. The summed E-state index contributed by atoms with van der Waals surface area (Å²) in [4.78, 5) is 32.7. The first-order chi connectivity index (χ1) is 36.5. The molecule has 0 atom stereocenters. The number of para-hydroxylation sites is 5. The molecule has 9 aromatic rings. The van der Waals surface area contributed by atoms with Gasteiger partial charge in [-0.1, -0.05) is 172 Å².